The van der Waals surface area contributed by atoms with Gasteiger partial charge in [0.1, 0.15) is 6.04 Å². The molecular weight excluding hydrogens is 342 g/mol. The molecular formula is C16H23N5O5. The number of amides is 1. The first-order valence-corrected chi connectivity index (χ1v) is 8.00. The molecule has 0 saturated heterocycles. The molecule has 1 amide bonds. The van der Waals surface area contributed by atoms with Gasteiger partial charge in [-0.1, -0.05) is 0 Å². The summed E-state index contributed by atoms with van der Waals surface area (Å²) >= 11 is 0. The second kappa shape index (κ2) is 10.2. The summed E-state index contributed by atoms with van der Waals surface area (Å²) in [5.74, 6) is -1.74. The first-order valence-electron chi connectivity index (χ1n) is 8.00. The Hall–Kier alpha value is -2.84. The zero-order valence-corrected chi connectivity index (χ0v) is 15.2. The normalized spacial score (nSPS) is 12.8. The summed E-state index contributed by atoms with van der Waals surface area (Å²) in [4.78, 5) is 42.9. The van der Waals surface area contributed by atoms with Crippen LogP contribution in [0.2, 0.25) is 0 Å². The van der Waals surface area contributed by atoms with Crippen molar-refractivity contribution in [2.75, 3.05) is 7.11 Å². The molecule has 2 atom stereocenters. The number of aryl methyl sites for hydroxylation is 1. The maximum absolute atomic E-state index is 12.5. The van der Waals surface area contributed by atoms with Crippen LogP contribution in [0.25, 0.3) is 5.53 Å². The molecule has 0 unspecified atom stereocenters. The highest BCUT2D eigenvalue weighted by atomic mass is 16.5. The minimum absolute atomic E-state index is 0.0131. The lowest BCUT2D eigenvalue weighted by molar-refractivity contribution is -0.153. The van der Waals surface area contributed by atoms with Gasteiger partial charge in [0, 0.05) is 26.8 Å². The Kier molecular flexibility index (Phi) is 8.33. The van der Waals surface area contributed by atoms with Gasteiger partial charge in [-0.15, -0.1) is 0 Å². The van der Waals surface area contributed by atoms with Gasteiger partial charge in [0.05, 0.1) is 18.1 Å². The molecule has 1 N–H and O–H groups in total. The first-order chi connectivity index (χ1) is 12.3. The lowest BCUT2D eigenvalue weighted by Crippen LogP contribution is -2.45. The molecule has 0 bridgehead atoms. The molecule has 26 heavy (non-hydrogen) atoms. The zero-order valence-electron chi connectivity index (χ0n) is 15.2. The molecule has 10 heteroatoms. The van der Waals surface area contributed by atoms with E-state index in [9.17, 15) is 14.4 Å². The van der Waals surface area contributed by atoms with Crippen LogP contribution in [0.5, 0.6) is 0 Å². The van der Waals surface area contributed by atoms with E-state index in [1.807, 2.05) is 0 Å². The van der Waals surface area contributed by atoms with Crippen LogP contribution in [-0.2, 0) is 30.9 Å². The number of aromatic nitrogens is 2. The average molecular weight is 365 g/mol. The second-order valence-electron chi connectivity index (χ2n) is 5.88. The first kappa shape index (κ1) is 21.2. The van der Waals surface area contributed by atoms with E-state index in [-0.39, 0.29) is 18.9 Å². The highest BCUT2D eigenvalue weighted by molar-refractivity contribution is 6.25. The fraction of sp³-hybridized carbons (Fsp3) is 0.562. The topological polar surface area (TPSA) is 136 Å². The molecule has 10 nitrogen and oxygen atoms in total. The van der Waals surface area contributed by atoms with Crippen LogP contribution in [0.3, 0.4) is 0 Å². The van der Waals surface area contributed by atoms with Crippen LogP contribution < -0.4 is 5.32 Å². The fourth-order valence-electron chi connectivity index (χ4n) is 2.16. The second-order valence-corrected chi connectivity index (χ2v) is 5.88. The Morgan fingerprint density at radius 2 is 2.12 bits per heavy atom. The number of carbonyl (C=O) groups is 3. The summed E-state index contributed by atoms with van der Waals surface area (Å²) < 4.78 is 12.0. The highest BCUT2D eigenvalue weighted by Crippen LogP contribution is 2.15. The molecule has 0 aliphatic rings. The van der Waals surface area contributed by atoms with Crippen molar-refractivity contribution in [2.45, 2.75) is 44.9 Å². The van der Waals surface area contributed by atoms with E-state index in [1.54, 1.807) is 31.7 Å². The number of ether oxygens (including phenoxy) is 2. The molecule has 0 aromatic carbocycles. The Morgan fingerprint density at radius 3 is 2.62 bits per heavy atom. The molecule has 1 rings (SSSR count). The van der Waals surface area contributed by atoms with E-state index in [4.69, 9.17) is 15.0 Å². The highest BCUT2D eigenvalue weighted by Gasteiger charge is 2.29. The average Bonchev–Trinajstić information content (AvgIpc) is 2.97. The number of imidazole rings is 1. The van der Waals surface area contributed by atoms with Crippen LogP contribution in [0.15, 0.2) is 12.5 Å². The molecule has 1 aromatic heterocycles. The van der Waals surface area contributed by atoms with Crippen molar-refractivity contribution in [3.05, 3.63) is 23.7 Å². The summed E-state index contributed by atoms with van der Waals surface area (Å²) in [6.07, 6.45) is 2.36. The van der Waals surface area contributed by atoms with Gasteiger partial charge >= 0.3 is 12.2 Å². The molecule has 1 heterocycles. The lowest BCUT2D eigenvalue weighted by Gasteiger charge is -2.21. The van der Waals surface area contributed by atoms with Crippen molar-refractivity contribution < 1.29 is 28.6 Å². The number of hydrogen-bond donors (Lipinski definition) is 1. The largest absolute Gasteiger partial charge is 0.461 e. The smallest absolute Gasteiger partial charge is 0.328 e. The number of carbonyl (C=O) groups excluding carboxylic acids is 3. The summed E-state index contributed by atoms with van der Waals surface area (Å²) in [5, 5.41) is 2.53. The summed E-state index contributed by atoms with van der Waals surface area (Å²) in [6.45, 7) is 3.35. The van der Waals surface area contributed by atoms with Crippen LogP contribution in [0.4, 0.5) is 0 Å². The monoisotopic (exact) mass is 365 g/mol. The molecule has 142 valence electrons. The maximum Gasteiger partial charge on any atom is 0.328 e. The number of esters is 1. The van der Waals surface area contributed by atoms with Crippen molar-refractivity contribution in [3.63, 3.8) is 0 Å². The van der Waals surface area contributed by atoms with E-state index in [2.05, 4.69) is 15.1 Å². The van der Waals surface area contributed by atoms with Crippen molar-refractivity contribution in [3.8, 4) is 0 Å². The Morgan fingerprint density at radius 1 is 1.42 bits per heavy atom. The van der Waals surface area contributed by atoms with E-state index in [1.165, 1.54) is 13.4 Å². The van der Waals surface area contributed by atoms with Crippen molar-refractivity contribution in [1.82, 2.24) is 14.9 Å². The minimum atomic E-state index is -1.05. The van der Waals surface area contributed by atoms with E-state index < -0.39 is 29.8 Å². The van der Waals surface area contributed by atoms with Crippen LogP contribution >= 0.6 is 0 Å². The van der Waals surface area contributed by atoms with E-state index in [0.717, 1.165) is 6.21 Å². The predicted molar refractivity (Wildman–Crippen MR) is 90.0 cm³/mol. The number of Topliss-reactive ketones (excluding diaryl/α,β-unsaturated/α-hetero) is 1. The van der Waals surface area contributed by atoms with Gasteiger partial charge in [-0.3, -0.25) is 9.59 Å². The third-order valence-electron chi connectivity index (χ3n) is 3.30. The van der Waals surface area contributed by atoms with E-state index >= 15 is 0 Å². The molecule has 0 aliphatic carbocycles. The predicted octanol–water partition coefficient (Wildman–Crippen LogP) is 0.194. The lowest BCUT2D eigenvalue weighted by atomic mass is 10.1. The van der Waals surface area contributed by atoms with Gasteiger partial charge in [-0.05, 0) is 20.3 Å². The van der Waals surface area contributed by atoms with Gasteiger partial charge < -0.3 is 24.9 Å². The SMILES string of the molecule is CO[C@@H](C(=O)N[C@@H](CCC(=O)C=[N+]=[N-])C(=O)OC(C)C)c1cn(C)cn1. The summed E-state index contributed by atoms with van der Waals surface area (Å²) in [7, 11) is 3.10. The third-order valence-corrected chi connectivity index (χ3v) is 3.30. The quantitative estimate of drug-likeness (QED) is 0.272. The van der Waals surface area contributed by atoms with Crippen molar-refractivity contribution in [2.24, 2.45) is 7.05 Å². The zero-order chi connectivity index (χ0) is 19.7. The Bertz CT molecular complexity index is 693. The molecule has 0 fully saturated rings. The van der Waals surface area contributed by atoms with Gasteiger partial charge in [0.15, 0.2) is 6.10 Å². The van der Waals surface area contributed by atoms with E-state index in [0.29, 0.717) is 5.69 Å². The number of methoxy groups -OCH3 is 1. The maximum atomic E-state index is 12.5. The van der Waals surface area contributed by atoms with Crippen LogP contribution in [0, 0.1) is 0 Å². The molecule has 0 saturated carbocycles. The third kappa shape index (κ3) is 6.58. The molecule has 0 spiro atoms. The minimum Gasteiger partial charge on any atom is -0.461 e. The molecule has 0 aliphatic heterocycles. The number of nitrogens with one attached hydrogen (secondary N) is 1. The summed E-state index contributed by atoms with van der Waals surface area (Å²) in [5.41, 5.74) is 8.75. The Labute approximate surface area is 151 Å². The van der Waals surface area contributed by atoms with Gasteiger partial charge in [0.25, 0.3) is 5.91 Å². The fourth-order valence-corrected chi connectivity index (χ4v) is 2.16. The standard InChI is InChI=1S/C16H23N5O5/c1-10(2)26-16(24)12(6-5-11(22)7-19-17)20-15(23)14(25-4)13-8-21(3)9-18-13/h7-10,12,14H,5-6H2,1-4H3,(H,20,23)/t12-,14+/m0/s1. The number of rotatable bonds is 10. The Balaban J connectivity index is 2.87. The number of hydrogen-bond acceptors (Lipinski definition) is 6. The summed E-state index contributed by atoms with van der Waals surface area (Å²) in [6, 6.07) is -1.05. The number of ketones is 1. The van der Waals surface area contributed by atoms with Crippen LogP contribution in [-0.4, -0.2) is 57.5 Å². The van der Waals surface area contributed by atoms with Gasteiger partial charge in [0.2, 0.25) is 5.78 Å². The molecule has 0 radical (unpaired) electrons. The van der Waals surface area contributed by atoms with Crippen molar-refractivity contribution in [1.29, 1.82) is 0 Å². The number of nitrogens with zero attached hydrogens (tertiary/aromatic N) is 4. The molecule has 1 aromatic rings. The van der Waals surface area contributed by atoms with Gasteiger partial charge in [-0.25, -0.2) is 9.78 Å². The van der Waals surface area contributed by atoms with Gasteiger partial charge in [-0.2, -0.15) is 4.79 Å². The van der Waals surface area contributed by atoms with Crippen molar-refractivity contribution >= 4 is 23.9 Å². The van der Waals surface area contributed by atoms with Crippen LogP contribution in [0.1, 0.15) is 38.5 Å².